The Morgan fingerprint density at radius 1 is 1.10 bits per heavy atom. The number of benzene rings is 2. The van der Waals surface area contributed by atoms with E-state index in [0.29, 0.717) is 18.3 Å². The summed E-state index contributed by atoms with van der Waals surface area (Å²) in [7, 11) is -2.06. The normalized spacial score (nSPS) is 18.4. The summed E-state index contributed by atoms with van der Waals surface area (Å²) in [5.41, 5.74) is 5.01. The van der Waals surface area contributed by atoms with Crippen molar-refractivity contribution in [3.63, 3.8) is 0 Å². The molecule has 0 saturated carbocycles. The van der Waals surface area contributed by atoms with Gasteiger partial charge in [0.2, 0.25) is 10.0 Å². The SMILES string of the molecule is COc1cc2c(cc1S(=O)(=O)NCCCN1c3ccccc3C[C@H]1C)CCCC2. The number of aryl methyl sites for hydroxylation is 2. The van der Waals surface area contributed by atoms with Crippen LogP contribution in [-0.2, 0) is 29.3 Å². The van der Waals surface area contributed by atoms with Crippen LogP contribution in [-0.4, -0.2) is 34.7 Å². The number of fused-ring (bicyclic) bond motifs is 2. The molecule has 156 valence electrons. The summed E-state index contributed by atoms with van der Waals surface area (Å²) in [6.07, 6.45) is 6.00. The van der Waals surface area contributed by atoms with Gasteiger partial charge in [0, 0.05) is 24.8 Å². The van der Waals surface area contributed by atoms with Gasteiger partial charge in [-0.05, 0) is 80.3 Å². The quantitative estimate of drug-likeness (QED) is 0.702. The van der Waals surface area contributed by atoms with Crippen LogP contribution < -0.4 is 14.4 Å². The number of methoxy groups -OCH3 is 1. The summed E-state index contributed by atoms with van der Waals surface area (Å²) < 4.78 is 34.1. The summed E-state index contributed by atoms with van der Waals surface area (Å²) in [5, 5.41) is 0. The Morgan fingerprint density at radius 2 is 1.83 bits per heavy atom. The molecule has 1 aliphatic carbocycles. The van der Waals surface area contributed by atoms with Crippen molar-refractivity contribution in [1.82, 2.24) is 4.72 Å². The third-order valence-electron chi connectivity index (χ3n) is 6.13. The van der Waals surface area contributed by atoms with E-state index < -0.39 is 10.0 Å². The van der Waals surface area contributed by atoms with Crippen molar-refractivity contribution in [2.24, 2.45) is 0 Å². The first-order valence-corrected chi connectivity index (χ1v) is 12.0. The highest BCUT2D eigenvalue weighted by Crippen LogP contribution is 2.33. The van der Waals surface area contributed by atoms with Gasteiger partial charge in [-0.2, -0.15) is 0 Å². The summed E-state index contributed by atoms with van der Waals surface area (Å²) in [6, 6.07) is 12.6. The molecule has 5 nitrogen and oxygen atoms in total. The number of hydrogen-bond acceptors (Lipinski definition) is 4. The molecule has 2 aromatic rings. The maximum absolute atomic E-state index is 13.0. The second-order valence-corrected chi connectivity index (χ2v) is 9.84. The van der Waals surface area contributed by atoms with Gasteiger partial charge in [0.05, 0.1) is 7.11 Å². The minimum Gasteiger partial charge on any atom is -0.495 e. The fraction of sp³-hybridized carbons (Fsp3) is 0.478. The highest BCUT2D eigenvalue weighted by molar-refractivity contribution is 7.89. The minimum absolute atomic E-state index is 0.264. The van der Waals surface area contributed by atoms with Crippen LogP contribution in [0.4, 0.5) is 5.69 Å². The molecule has 0 unspecified atom stereocenters. The number of para-hydroxylation sites is 1. The highest BCUT2D eigenvalue weighted by atomic mass is 32.2. The summed E-state index contributed by atoms with van der Waals surface area (Å²) in [5.74, 6) is 0.445. The first kappa shape index (κ1) is 20.2. The van der Waals surface area contributed by atoms with Gasteiger partial charge in [-0.25, -0.2) is 13.1 Å². The van der Waals surface area contributed by atoms with E-state index in [2.05, 4.69) is 40.8 Å². The molecule has 6 heteroatoms. The number of ether oxygens (including phenoxy) is 1. The van der Waals surface area contributed by atoms with Crippen LogP contribution in [0.5, 0.6) is 5.75 Å². The standard InChI is InChI=1S/C23H30N2O3S/c1-17-14-20-10-5-6-11-21(20)25(17)13-7-12-24-29(26,27)23-16-19-9-4-3-8-18(19)15-22(23)28-2/h5-6,10-11,15-17,24H,3-4,7-9,12-14H2,1-2H3/t17-/m1/s1. The van der Waals surface area contributed by atoms with Crippen molar-refractivity contribution in [2.45, 2.75) is 56.4 Å². The number of sulfonamides is 1. The zero-order valence-electron chi connectivity index (χ0n) is 17.3. The molecule has 0 bridgehead atoms. The fourth-order valence-corrected chi connectivity index (χ4v) is 5.89. The van der Waals surface area contributed by atoms with Gasteiger partial charge in [0.15, 0.2) is 0 Å². The van der Waals surface area contributed by atoms with Gasteiger partial charge in [-0.15, -0.1) is 0 Å². The maximum atomic E-state index is 13.0. The number of nitrogens with zero attached hydrogens (tertiary/aromatic N) is 1. The molecule has 2 aliphatic rings. The minimum atomic E-state index is -3.60. The number of rotatable bonds is 7. The van der Waals surface area contributed by atoms with Gasteiger partial charge in [-0.1, -0.05) is 18.2 Å². The molecular weight excluding hydrogens is 384 g/mol. The highest BCUT2D eigenvalue weighted by Gasteiger charge is 2.26. The van der Waals surface area contributed by atoms with Crippen molar-refractivity contribution in [3.8, 4) is 5.75 Å². The molecular formula is C23H30N2O3S. The molecule has 0 spiro atoms. The van der Waals surface area contributed by atoms with Crippen LogP contribution in [0.3, 0.4) is 0 Å². The topological polar surface area (TPSA) is 58.6 Å². The second-order valence-electron chi connectivity index (χ2n) is 8.11. The fourth-order valence-electron chi connectivity index (χ4n) is 4.61. The summed E-state index contributed by atoms with van der Waals surface area (Å²) in [6.45, 7) is 3.47. The first-order chi connectivity index (χ1) is 14.0. The van der Waals surface area contributed by atoms with Gasteiger partial charge in [0.25, 0.3) is 0 Å². The Bertz CT molecular complexity index is 988. The predicted molar refractivity (Wildman–Crippen MR) is 116 cm³/mol. The van der Waals surface area contributed by atoms with Crippen molar-refractivity contribution in [3.05, 3.63) is 53.1 Å². The molecule has 0 amide bonds. The van der Waals surface area contributed by atoms with Crippen molar-refractivity contribution in [1.29, 1.82) is 0 Å². The molecule has 29 heavy (non-hydrogen) atoms. The first-order valence-electron chi connectivity index (χ1n) is 10.5. The maximum Gasteiger partial charge on any atom is 0.244 e. The molecule has 1 aliphatic heterocycles. The van der Waals surface area contributed by atoms with E-state index in [9.17, 15) is 8.42 Å². The average molecular weight is 415 g/mol. The molecule has 1 N–H and O–H groups in total. The Morgan fingerprint density at radius 3 is 2.59 bits per heavy atom. The third-order valence-corrected chi connectivity index (χ3v) is 7.62. The van der Waals surface area contributed by atoms with E-state index in [1.165, 1.54) is 23.9 Å². The van der Waals surface area contributed by atoms with E-state index in [4.69, 9.17) is 4.74 Å². The zero-order valence-corrected chi connectivity index (χ0v) is 18.1. The van der Waals surface area contributed by atoms with Crippen LogP contribution in [0.2, 0.25) is 0 Å². The monoisotopic (exact) mass is 414 g/mol. The Hall–Kier alpha value is -2.05. The van der Waals surface area contributed by atoms with Crippen LogP contribution >= 0.6 is 0 Å². The molecule has 0 fully saturated rings. The lowest BCUT2D eigenvalue weighted by molar-refractivity contribution is 0.401. The van der Waals surface area contributed by atoms with Crippen molar-refractivity contribution < 1.29 is 13.2 Å². The van der Waals surface area contributed by atoms with Crippen LogP contribution in [0.15, 0.2) is 41.3 Å². The summed E-state index contributed by atoms with van der Waals surface area (Å²) in [4.78, 5) is 2.64. The van der Waals surface area contributed by atoms with Gasteiger partial charge in [-0.3, -0.25) is 0 Å². The Labute approximate surface area is 174 Å². The molecule has 0 aromatic heterocycles. The van der Waals surface area contributed by atoms with Crippen LogP contribution in [0, 0.1) is 0 Å². The van der Waals surface area contributed by atoms with E-state index in [1.54, 1.807) is 0 Å². The van der Waals surface area contributed by atoms with E-state index in [-0.39, 0.29) is 4.90 Å². The van der Waals surface area contributed by atoms with Gasteiger partial charge < -0.3 is 9.64 Å². The largest absolute Gasteiger partial charge is 0.495 e. The molecule has 1 atom stereocenters. The zero-order chi connectivity index (χ0) is 20.4. The molecule has 0 saturated heterocycles. The Kier molecular flexibility index (Phi) is 5.83. The lowest BCUT2D eigenvalue weighted by atomic mass is 9.92. The van der Waals surface area contributed by atoms with Crippen molar-refractivity contribution >= 4 is 15.7 Å². The smallest absolute Gasteiger partial charge is 0.244 e. The van der Waals surface area contributed by atoms with E-state index in [1.807, 2.05) is 12.1 Å². The average Bonchev–Trinajstić information content (AvgIpc) is 3.05. The second kappa shape index (κ2) is 8.36. The van der Waals surface area contributed by atoms with Crippen LogP contribution in [0.1, 0.15) is 42.9 Å². The molecule has 0 radical (unpaired) electrons. The lowest BCUT2D eigenvalue weighted by Crippen LogP contribution is -2.33. The number of hydrogen-bond donors (Lipinski definition) is 1. The third kappa shape index (κ3) is 4.14. The number of anilines is 1. The Balaban J connectivity index is 1.41. The summed E-state index contributed by atoms with van der Waals surface area (Å²) >= 11 is 0. The molecule has 1 heterocycles. The van der Waals surface area contributed by atoms with Crippen LogP contribution in [0.25, 0.3) is 0 Å². The number of nitrogens with one attached hydrogen (secondary N) is 1. The molecule has 4 rings (SSSR count). The molecule has 2 aromatic carbocycles. The van der Waals surface area contributed by atoms with Crippen molar-refractivity contribution in [2.75, 3.05) is 25.1 Å². The lowest BCUT2D eigenvalue weighted by Gasteiger charge is -2.25. The predicted octanol–water partition coefficient (Wildman–Crippen LogP) is 3.69. The van der Waals surface area contributed by atoms with E-state index >= 15 is 0 Å². The van der Waals surface area contributed by atoms with Gasteiger partial charge >= 0.3 is 0 Å². The van der Waals surface area contributed by atoms with Gasteiger partial charge in [0.1, 0.15) is 10.6 Å². The van der Waals surface area contributed by atoms with E-state index in [0.717, 1.165) is 50.6 Å².